The standard InChI is InChI=1S/C16H17F2N3O2/c1-23-8-2-6-19-12-5-7-20-15(10-12)16(22)21-14-4-3-11(17)9-13(14)18/h3-5,7,9-10H,2,6,8H2,1H3,(H,19,20)(H,21,22). The van der Waals surface area contributed by atoms with Gasteiger partial charge in [0.15, 0.2) is 0 Å². The van der Waals surface area contributed by atoms with Crippen molar-refractivity contribution in [2.24, 2.45) is 0 Å². The van der Waals surface area contributed by atoms with Crippen molar-refractivity contribution in [3.05, 3.63) is 53.9 Å². The molecule has 5 nitrogen and oxygen atoms in total. The minimum absolute atomic E-state index is 0.100. The molecule has 2 aromatic rings. The van der Waals surface area contributed by atoms with E-state index in [1.165, 1.54) is 6.20 Å². The molecule has 0 aliphatic heterocycles. The molecule has 0 aliphatic carbocycles. The largest absolute Gasteiger partial charge is 0.385 e. The summed E-state index contributed by atoms with van der Waals surface area (Å²) in [5.41, 5.74) is 0.753. The van der Waals surface area contributed by atoms with Gasteiger partial charge in [0.2, 0.25) is 0 Å². The zero-order valence-electron chi connectivity index (χ0n) is 12.6. The monoisotopic (exact) mass is 321 g/mol. The van der Waals surface area contributed by atoms with E-state index >= 15 is 0 Å². The lowest BCUT2D eigenvalue weighted by Gasteiger charge is -2.09. The number of aromatic nitrogens is 1. The van der Waals surface area contributed by atoms with Crippen molar-refractivity contribution < 1.29 is 18.3 Å². The van der Waals surface area contributed by atoms with Crippen LogP contribution in [0.4, 0.5) is 20.2 Å². The van der Waals surface area contributed by atoms with Crippen LogP contribution in [-0.4, -0.2) is 31.2 Å². The van der Waals surface area contributed by atoms with Crippen molar-refractivity contribution in [3.8, 4) is 0 Å². The molecule has 1 aromatic heterocycles. The fourth-order valence-electron chi connectivity index (χ4n) is 1.89. The molecular formula is C16H17F2N3O2. The average molecular weight is 321 g/mol. The predicted octanol–water partition coefficient (Wildman–Crippen LogP) is 3.06. The van der Waals surface area contributed by atoms with Gasteiger partial charge in [-0.25, -0.2) is 8.78 Å². The van der Waals surface area contributed by atoms with Gasteiger partial charge < -0.3 is 15.4 Å². The van der Waals surface area contributed by atoms with Crippen LogP contribution in [0.15, 0.2) is 36.5 Å². The molecule has 0 unspecified atom stereocenters. The molecule has 1 aromatic carbocycles. The van der Waals surface area contributed by atoms with Gasteiger partial charge in [0, 0.05) is 38.2 Å². The molecule has 0 fully saturated rings. The van der Waals surface area contributed by atoms with E-state index < -0.39 is 17.5 Å². The van der Waals surface area contributed by atoms with Crippen molar-refractivity contribution in [1.82, 2.24) is 4.98 Å². The van der Waals surface area contributed by atoms with Crippen LogP contribution in [0.5, 0.6) is 0 Å². The molecule has 2 rings (SSSR count). The maximum Gasteiger partial charge on any atom is 0.274 e. The van der Waals surface area contributed by atoms with E-state index in [4.69, 9.17) is 4.74 Å². The average Bonchev–Trinajstić information content (AvgIpc) is 2.54. The van der Waals surface area contributed by atoms with Gasteiger partial charge in [0.05, 0.1) is 5.69 Å². The second-order valence-corrected chi connectivity index (χ2v) is 4.78. The molecular weight excluding hydrogens is 304 g/mol. The summed E-state index contributed by atoms with van der Waals surface area (Å²) in [7, 11) is 1.63. The van der Waals surface area contributed by atoms with Crippen LogP contribution in [0, 0.1) is 11.6 Å². The summed E-state index contributed by atoms with van der Waals surface area (Å²) in [5, 5.41) is 5.50. The van der Waals surface area contributed by atoms with Gasteiger partial charge in [-0.2, -0.15) is 0 Å². The Labute approximate surface area is 132 Å². The number of methoxy groups -OCH3 is 1. The van der Waals surface area contributed by atoms with E-state index in [1.807, 2.05) is 0 Å². The number of nitrogens with zero attached hydrogens (tertiary/aromatic N) is 1. The van der Waals surface area contributed by atoms with Gasteiger partial charge in [-0.1, -0.05) is 0 Å². The van der Waals surface area contributed by atoms with Crippen molar-refractivity contribution in [3.63, 3.8) is 0 Å². The Kier molecular flexibility index (Phi) is 5.99. The summed E-state index contributed by atoms with van der Waals surface area (Å²) in [4.78, 5) is 16.1. The molecule has 0 atom stereocenters. The molecule has 1 heterocycles. The number of nitrogens with one attached hydrogen (secondary N) is 2. The number of hydrogen-bond acceptors (Lipinski definition) is 4. The summed E-state index contributed by atoms with van der Waals surface area (Å²) in [6.07, 6.45) is 2.30. The first-order valence-electron chi connectivity index (χ1n) is 7.05. The molecule has 1 amide bonds. The third-order valence-electron chi connectivity index (χ3n) is 3.03. The van der Waals surface area contributed by atoms with Crippen LogP contribution >= 0.6 is 0 Å². The predicted molar refractivity (Wildman–Crippen MR) is 83.5 cm³/mol. The molecule has 23 heavy (non-hydrogen) atoms. The Balaban J connectivity index is 2.01. The Morgan fingerprint density at radius 3 is 2.83 bits per heavy atom. The normalized spacial score (nSPS) is 10.4. The van der Waals surface area contributed by atoms with Crippen LogP contribution in [-0.2, 0) is 4.74 Å². The maximum absolute atomic E-state index is 13.5. The SMILES string of the molecule is COCCCNc1ccnc(C(=O)Nc2ccc(F)cc2F)c1. The third kappa shape index (κ3) is 5.00. The number of benzene rings is 1. The fourth-order valence-corrected chi connectivity index (χ4v) is 1.89. The molecule has 7 heteroatoms. The number of rotatable bonds is 7. The zero-order chi connectivity index (χ0) is 16.7. The molecule has 0 saturated carbocycles. The van der Waals surface area contributed by atoms with Gasteiger partial charge in [0.1, 0.15) is 17.3 Å². The Bertz CT molecular complexity index is 680. The first-order chi connectivity index (χ1) is 11.1. The molecule has 0 saturated heterocycles. The molecule has 0 aliphatic rings. The summed E-state index contributed by atoms with van der Waals surface area (Å²) >= 11 is 0. The topological polar surface area (TPSA) is 63.2 Å². The minimum atomic E-state index is -0.841. The summed E-state index contributed by atoms with van der Waals surface area (Å²) < 4.78 is 31.3. The van der Waals surface area contributed by atoms with E-state index in [-0.39, 0.29) is 11.4 Å². The van der Waals surface area contributed by atoms with Crippen LogP contribution in [0.25, 0.3) is 0 Å². The highest BCUT2D eigenvalue weighted by Gasteiger charge is 2.11. The molecule has 122 valence electrons. The molecule has 0 bridgehead atoms. The number of halogens is 2. The van der Waals surface area contributed by atoms with Crippen molar-refractivity contribution >= 4 is 17.3 Å². The second-order valence-electron chi connectivity index (χ2n) is 4.78. The maximum atomic E-state index is 13.5. The quantitative estimate of drug-likeness (QED) is 0.769. The first kappa shape index (κ1) is 16.8. The van der Waals surface area contributed by atoms with Crippen molar-refractivity contribution in [1.29, 1.82) is 0 Å². The fraction of sp³-hybridized carbons (Fsp3) is 0.250. The van der Waals surface area contributed by atoms with Crippen LogP contribution < -0.4 is 10.6 Å². The minimum Gasteiger partial charge on any atom is -0.385 e. The van der Waals surface area contributed by atoms with Crippen LogP contribution in [0.3, 0.4) is 0 Å². The number of carbonyl (C=O) groups excluding carboxylic acids is 1. The molecule has 0 spiro atoms. The highest BCUT2D eigenvalue weighted by atomic mass is 19.1. The van der Waals surface area contributed by atoms with E-state index in [9.17, 15) is 13.6 Å². The van der Waals surface area contributed by atoms with E-state index in [0.717, 1.165) is 24.2 Å². The smallest absolute Gasteiger partial charge is 0.274 e. The van der Waals surface area contributed by atoms with Crippen LogP contribution in [0.2, 0.25) is 0 Å². The van der Waals surface area contributed by atoms with Crippen LogP contribution in [0.1, 0.15) is 16.9 Å². The summed E-state index contributed by atoms with van der Waals surface area (Å²) in [5.74, 6) is -2.12. The Morgan fingerprint density at radius 2 is 2.09 bits per heavy atom. The zero-order valence-corrected chi connectivity index (χ0v) is 12.6. The van der Waals surface area contributed by atoms with Crippen molar-refractivity contribution in [2.75, 3.05) is 30.9 Å². The third-order valence-corrected chi connectivity index (χ3v) is 3.03. The van der Waals surface area contributed by atoms with Gasteiger partial charge in [-0.05, 0) is 30.7 Å². The summed E-state index contributed by atoms with van der Waals surface area (Å²) in [6, 6.07) is 6.22. The lowest BCUT2D eigenvalue weighted by Crippen LogP contribution is -2.15. The van der Waals surface area contributed by atoms with Gasteiger partial charge >= 0.3 is 0 Å². The number of pyridine rings is 1. The molecule has 0 radical (unpaired) electrons. The highest BCUT2D eigenvalue weighted by molar-refractivity contribution is 6.03. The number of hydrogen-bond donors (Lipinski definition) is 2. The van der Waals surface area contributed by atoms with E-state index in [2.05, 4.69) is 15.6 Å². The van der Waals surface area contributed by atoms with Gasteiger partial charge in [-0.15, -0.1) is 0 Å². The van der Waals surface area contributed by atoms with E-state index in [1.54, 1.807) is 19.2 Å². The number of amides is 1. The second kappa shape index (κ2) is 8.19. The lowest BCUT2D eigenvalue weighted by atomic mass is 10.2. The number of ether oxygens (including phenoxy) is 1. The van der Waals surface area contributed by atoms with Gasteiger partial charge in [-0.3, -0.25) is 9.78 Å². The molecule has 2 N–H and O–H groups in total. The highest BCUT2D eigenvalue weighted by Crippen LogP contribution is 2.16. The number of anilines is 2. The Hall–Kier alpha value is -2.54. The van der Waals surface area contributed by atoms with Gasteiger partial charge in [0.25, 0.3) is 5.91 Å². The first-order valence-corrected chi connectivity index (χ1v) is 7.05. The number of carbonyl (C=O) groups is 1. The van der Waals surface area contributed by atoms with E-state index in [0.29, 0.717) is 19.2 Å². The Morgan fingerprint density at radius 1 is 1.26 bits per heavy atom. The lowest BCUT2D eigenvalue weighted by molar-refractivity contribution is 0.102. The van der Waals surface area contributed by atoms with Crippen molar-refractivity contribution in [2.45, 2.75) is 6.42 Å². The summed E-state index contributed by atoms with van der Waals surface area (Å²) in [6.45, 7) is 1.32.